The molecule has 1 aliphatic rings. The maximum absolute atomic E-state index is 5.02. The average Bonchev–Trinajstić information content (AvgIpc) is 3.25. The summed E-state index contributed by atoms with van der Waals surface area (Å²) in [5, 5.41) is 10.4. The van der Waals surface area contributed by atoms with E-state index in [0.29, 0.717) is 0 Å². The fourth-order valence-electron chi connectivity index (χ4n) is 4.28. The fourth-order valence-corrected chi connectivity index (χ4v) is 4.64. The van der Waals surface area contributed by atoms with Crippen LogP contribution in [0.4, 0.5) is 5.82 Å². The molecular weight excluding hydrogens is 416 g/mol. The quantitative estimate of drug-likeness (QED) is 0.316. The van der Waals surface area contributed by atoms with Crippen molar-refractivity contribution in [2.24, 2.45) is 0 Å². The molecule has 0 radical (unpaired) electrons. The Hall–Kier alpha value is -2.90. The maximum atomic E-state index is 5.02. The zero-order chi connectivity index (χ0) is 21.8. The molecule has 1 N–H and O–H groups in total. The molecule has 6 nitrogen and oxygen atoms in total. The Morgan fingerprint density at radius 3 is 2.34 bits per heavy atom. The molecule has 0 spiro atoms. The SMILES string of the molecule is CSc1nc(NCCN2CCCCC2)c2c(-c3ccccc3)nn(-c3ccccc3)c2n1. The third-order valence-corrected chi connectivity index (χ3v) is 6.45. The number of likely N-dealkylation sites (tertiary alicyclic amines) is 1. The van der Waals surface area contributed by atoms with Gasteiger partial charge in [-0.05, 0) is 44.3 Å². The predicted molar refractivity (Wildman–Crippen MR) is 133 cm³/mol. The molecule has 7 heteroatoms. The number of hydrogen-bond acceptors (Lipinski definition) is 6. The van der Waals surface area contributed by atoms with E-state index in [1.807, 2.05) is 47.3 Å². The Labute approximate surface area is 193 Å². The van der Waals surface area contributed by atoms with Gasteiger partial charge in [-0.2, -0.15) is 5.10 Å². The molecule has 0 atom stereocenters. The molecule has 3 heterocycles. The number of piperidine rings is 1. The monoisotopic (exact) mass is 444 g/mol. The molecule has 2 aromatic carbocycles. The number of nitrogens with one attached hydrogen (secondary N) is 1. The summed E-state index contributed by atoms with van der Waals surface area (Å²) >= 11 is 1.55. The molecule has 0 amide bonds. The van der Waals surface area contributed by atoms with Gasteiger partial charge in [0.25, 0.3) is 0 Å². The van der Waals surface area contributed by atoms with Crippen LogP contribution in [0.25, 0.3) is 28.0 Å². The van der Waals surface area contributed by atoms with E-state index in [2.05, 4.69) is 34.5 Å². The van der Waals surface area contributed by atoms with Crippen molar-refractivity contribution in [3.8, 4) is 16.9 Å². The highest BCUT2D eigenvalue weighted by atomic mass is 32.2. The first-order valence-corrected chi connectivity index (χ1v) is 12.5. The van der Waals surface area contributed by atoms with E-state index in [1.54, 1.807) is 11.8 Å². The maximum Gasteiger partial charge on any atom is 0.191 e. The minimum atomic E-state index is 0.745. The summed E-state index contributed by atoms with van der Waals surface area (Å²) in [6, 6.07) is 20.5. The molecule has 0 aliphatic carbocycles. The molecule has 1 saturated heterocycles. The number of anilines is 1. The summed E-state index contributed by atoms with van der Waals surface area (Å²) in [4.78, 5) is 12.3. The molecule has 5 rings (SSSR count). The second-order valence-electron chi connectivity index (χ2n) is 8.05. The van der Waals surface area contributed by atoms with Crippen LogP contribution in [0.1, 0.15) is 19.3 Å². The molecule has 1 fully saturated rings. The van der Waals surface area contributed by atoms with Crippen molar-refractivity contribution < 1.29 is 0 Å². The first kappa shape index (κ1) is 21.0. The third kappa shape index (κ3) is 4.36. The van der Waals surface area contributed by atoms with Gasteiger partial charge in [-0.3, -0.25) is 0 Å². The van der Waals surface area contributed by atoms with Crippen LogP contribution in [0.15, 0.2) is 65.8 Å². The smallest absolute Gasteiger partial charge is 0.191 e. The lowest BCUT2D eigenvalue weighted by Gasteiger charge is -2.26. The Kier molecular flexibility index (Phi) is 6.36. The molecular formula is C25H28N6S. The van der Waals surface area contributed by atoms with Crippen molar-refractivity contribution in [1.29, 1.82) is 0 Å². The molecule has 0 saturated carbocycles. The van der Waals surface area contributed by atoms with Gasteiger partial charge >= 0.3 is 0 Å². The Bertz CT molecular complexity index is 1170. The van der Waals surface area contributed by atoms with Crippen LogP contribution in [0.5, 0.6) is 0 Å². The van der Waals surface area contributed by atoms with Gasteiger partial charge in [0.15, 0.2) is 10.8 Å². The van der Waals surface area contributed by atoms with Crippen molar-refractivity contribution in [2.75, 3.05) is 37.8 Å². The predicted octanol–water partition coefficient (Wildman–Crippen LogP) is 5.10. The van der Waals surface area contributed by atoms with Crippen LogP contribution in [0.3, 0.4) is 0 Å². The van der Waals surface area contributed by atoms with Gasteiger partial charge in [-0.15, -0.1) is 0 Å². The Balaban J connectivity index is 1.59. The number of para-hydroxylation sites is 1. The van der Waals surface area contributed by atoms with Crippen LogP contribution in [0.2, 0.25) is 0 Å². The number of rotatable bonds is 7. The Morgan fingerprint density at radius 2 is 1.62 bits per heavy atom. The number of hydrogen-bond donors (Lipinski definition) is 1. The molecule has 164 valence electrons. The highest BCUT2D eigenvalue weighted by Crippen LogP contribution is 2.34. The Morgan fingerprint density at radius 1 is 0.906 bits per heavy atom. The summed E-state index contributed by atoms with van der Waals surface area (Å²) in [7, 11) is 0. The summed E-state index contributed by atoms with van der Waals surface area (Å²) in [5.74, 6) is 0.859. The number of aromatic nitrogens is 4. The lowest BCUT2D eigenvalue weighted by Crippen LogP contribution is -2.33. The molecule has 32 heavy (non-hydrogen) atoms. The van der Waals surface area contributed by atoms with E-state index in [1.165, 1.54) is 32.4 Å². The standard InChI is InChI=1S/C25H28N6S/c1-32-25-27-23(26-15-18-30-16-9-4-10-17-30)21-22(19-11-5-2-6-12-19)29-31(24(21)28-25)20-13-7-3-8-14-20/h2-3,5-8,11-14H,4,9-10,15-18H2,1H3,(H,26,27,28). The molecule has 1 aliphatic heterocycles. The van der Waals surface area contributed by atoms with Crippen LogP contribution < -0.4 is 5.32 Å². The van der Waals surface area contributed by atoms with Gasteiger partial charge in [0.1, 0.15) is 11.5 Å². The number of fused-ring (bicyclic) bond motifs is 1. The minimum Gasteiger partial charge on any atom is -0.368 e. The lowest BCUT2D eigenvalue weighted by atomic mass is 10.1. The molecule has 4 aromatic rings. The first-order valence-electron chi connectivity index (χ1n) is 11.3. The van der Waals surface area contributed by atoms with Gasteiger partial charge in [0.05, 0.1) is 11.1 Å². The highest BCUT2D eigenvalue weighted by Gasteiger charge is 2.21. The average molecular weight is 445 g/mol. The molecule has 2 aromatic heterocycles. The number of thioether (sulfide) groups is 1. The van der Waals surface area contributed by atoms with Crippen molar-refractivity contribution in [1.82, 2.24) is 24.6 Å². The normalized spacial score (nSPS) is 14.7. The number of nitrogens with zero attached hydrogens (tertiary/aromatic N) is 5. The highest BCUT2D eigenvalue weighted by molar-refractivity contribution is 7.98. The topological polar surface area (TPSA) is 58.9 Å². The van der Waals surface area contributed by atoms with Gasteiger partial charge in [0.2, 0.25) is 0 Å². The van der Waals surface area contributed by atoms with Crippen molar-refractivity contribution in [3.63, 3.8) is 0 Å². The van der Waals surface area contributed by atoms with Crippen LogP contribution in [0, 0.1) is 0 Å². The van der Waals surface area contributed by atoms with E-state index >= 15 is 0 Å². The molecule has 0 bridgehead atoms. The van der Waals surface area contributed by atoms with Gasteiger partial charge in [-0.25, -0.2) is 14.6 Å². The van der Waals surface area contributed by atoms with E-state index in [4.69, 9.17) is 15.1 Å². The van der Waals surface area contributed by atoms with Crippen LogP contribution in [-0.2, 0) is 0 Å². The van der Waals surface area contributed by atoms with E-state index < -0.39 is 0 Å². The second-order valence-corrected chi connectivity index (χ2v) is 8.82. The van der Waals surface area contributed by atoms with E-state index in [9.17, 15) is 0 Å². The van der Waals surface area contributed by atoms with Crippen molar-refractivity contribution in [3.05, 3.63) is 60.7 Å². The van der Waals surface area contributed by atoms with E-state index in [0.717, 1.165) is 52.0 Å². The third-order valence-electron chi connectivity index (χ3n) is 5.91. The first-order chi connectivity index (χ1) is 15.8. The largest absolute Gasteiger partial charge is 0.368 e. The van der Waals surface area contributed by atoms with Crippen LogP contribution >= 0.6 is 11.8 Å². The molecule has 0 unspecified atom stereocenters. The summed E-state index contributed by atoms with van der Waals surface area (Å²) in [5.41, 5.74) is 3.78. The lowest BCUT2D eigenvalue weighted by molar-refractivity contribution is 0.237. The minimum absolute atomic E-state index is 0.745. The zero-order valence-corrected chi connectivity index (χ0v) is 19.2. The fraction of sp³-hybridized carbons (Fsp3) is 0.320. The summed E-state index contributed by atoms with van der Waals surface area (Å²) in [6.07, 6.45) is 5.97. The van der Waals surface area contributed by atoms with Crippen molar-refractivity contribution >= 4 is 28.6 Å². The summed E-state index contributed by atoms with van der Waals surface area (Å²) < 4.78 is 1.94. The van der Waals surface area contributed by atoms with Crippen LogP contribution in [-0.4, -0.2) is 57.1 Å². The summed E-state index contributed by atoms with van der Waals surface area (Å²) in [6.45, 7) is 4.26. The number of benzene rings is 2. The van der Waals surface area contributed by atoms with Crippen molar-refractivity contribution in [2.45, 2.75) is 24.4 Å². The van der Waals surface area contributed by atoms with Gasteiger partial charge in [-0.1, -0.05) is 66.7 Å². The van der Waals surface area contributed by atoms with Gasteiger partial charge < -0.3 is 10.2 Å². The van der Waals surface area contributed by atoms with Gasteiger partial charge in [0, 0.05) is 18.7 Å². The second kappa shape index (κ2) is 9.71. The zero-order valence-electron chi connectivity index (χ0n) is 18.4. The van der Waals surface area contributed by atoms with E-state index in [-0.39, 0.29) is 0 Å².